The number of halogens is 1. The number of aliphatic hydroxyl groups excluding tert-OH is 1. The van der Waals surface area contributed by atoms with Crippen molar-refractivity contribution < 1.29 is 15.0 Å². The predicted molar refractivity (Wildman–Crippen MR) is 96.1 cm³/mol. The Balaban J connectivity index is 1.89. The topological polar surface area (TPSA) is 104 Å². The monoisotopic (exact) mass is 409 g/mol. The molecule has 0 aliphatic heterocycles. The van der Waals surface area contributed by atoms with Crippen molar-refractivity contribution in [2.45, 2.75) is 51.0 Å². The summed E-state index contributed by atoms with van der Waals surface area (Å²) in [6, 6.07) is 5.02. The van der Waals surface area contributed by atoms with E-state index >= 15 is 0 Å². The molecule has 1 fully saturated rings. The molecule has 3 N–H and O–H groups in total. The number of hydrogen-bond acceptors (Lipinski definition) is 5. The molecule has 1 unspecified atom stereocenters. The van der Waals surface area contributed by atoms with Gasteiger partial charge in [0, 0.05) is 15.9 Å². The van der Waals surface area contributed by atoms with Crippen LogP contribution in [-0.2, 0) is 11.3 Å². The molecule has 2 aromatic rings. The molecule has 1 atom stereocenters. The molecule has 0 bridgehead atoms. The van der Waals surface area contributed by atoms with E-state index in [1.165, 1.54) is 0 Å². The van der Waals surface area contributed by atoms with Gasteiger partial charge in [-0.05, 0) is 44.9 Å². The van der Waals surface area contributed by atoms with Gasteiger partial charge in [0.05, 0.1) is 22.8 Å². The first-order valence-corrected chi connectivity index (χ1v) is 8.86. The van der Waals surface area contributed by atoms with Gasteiger partial charge in [0.15, 0.2) is 0 Å². The molecule has 1 aromatic heterocycles. The van der Waals surface area contributed by atoms with E-state index in [-0.39, 0.29) is 24.1 Å². The standard InChI is InChI=1S/C17H20BrN3O4/c1-9(22)15-13-5-10(18)3-4-12(13)16(24)21(20-15)8-14(23)19-11-6-17(2,25)7-11/h3-5,9,11,22,25H,6-8H2,1-2H3,(H,19,23). The average Bonchev–Trinajstić information content (AvgIpc) is 2.47. The zero-order valence-electron chi connectivity index (χ0n) is 14.0. The summed E-state index contributed by atoms with van der Waals surface area (Å²) in [5.41, 5.74) is -0.777. The second kappa shape index (κ2) is 6.51. The van der Waals surface area contributed by atoms with Gasteiger partial charge in [-0.3, -0.25) is 9.59 Å². The molecular weight excluding hydrogens is 390 g/mol. The minimum atomic E-state index is -0.881. The molecule has 1 saturated carbocycles. The van der Waals surface area contributed by atoms with Crippen molar-refractivity contribution in [3.8, 4) is 0 Å². The largest absolute Gasteiger partial charge is 0.390 e. The lowest BCUT2D eigenvalue weighted by Crippen LogP contribution is -2.54. The Bertz CT molecular complexity index is 883. The first-order chi connectivity index (χ1) is 11.7. The highest BCUT2D eigenvalue weighted by Crippen LogP contribution is 2.31. The minimum Gasteiger partial charge on any atom is -0.390 e. The Kier molecular flexibility index (Phi) is 4.70. The van der Waals surface area contributed by atoms with Gasteiger partial charge in [-0.2, -0.15) is 5.10 Å². The van der Waals surface area contributed by atoms with Crippen LogP contribution in [0, 0.1) is 0 Å². The number of carbonyl (C=O) groups excluding carboxylic acids is 1. The van der Waals surface area contributed by atoms with Crippen molar-refractivity contribution in [1.29, 1.82) is 0 Å². The van der Waals surface area contributed by atoms with Crippen molar-refractivity contribution in [3.63, 3.8) is 0 Å². The number of carbonyl (C=O) groups is 1. The second-order valence-corrected chi connectivity index (χ2v) is 7.80. The van der Waals surface area contributed by atoms with Crippen molar-refractivity contribution in [1.82, 2.24) is 15.1 Å². The summed E-state index contributed by atoms with van der Waals surface area (Å²) >= 11 is 3.35. The molecule has 1 amide bonds. The Labute approximate surface area is 152 Å². The normalized spacial score (nSPS) is 24.0. The Hall–Kier alpha value is -1.77. The molecule has 1 heterocycles. The molecule has 25 heavy (non-hydrogen) atoms. The van der Waals surface area contributed by atoms with Crippen molar-refractivity contribution in [3.05, 3.63) is 38.7 Å². The maximum Gasteiger partial charge on any atom is 0.275 e. The van der Waals surface area contributed by atoms with Crippen LogP contribution in [0.4, 0.5) is 0 Å². The lowest BCUT2D eigenvalue weighted by Gasteiger charge is -2.41. The van der Waals surface area contributed by atoms with Gasteiger partial charge in [0.1, 0.15) is 6.54 Å². The van der Waals surface area contributed by atoms with Crippen LogP contribution >= 0.6 is 15.9 Å². The summed E-state index contributed by atoms with van der Waals surface area (Å²) in [6.45, 7) is 3.05. The third-order valence-corrected chi connectivity index (χ3v) is 4.87. The fraction of sp³-hybridized carbons (Fsp3) is 0.471. The number of aliphatic hydroxyl groups is 2. The third kappa shape index (κ3) is 3.75. The molecule has 0 radical (unpaired) electrons. The zero-order valence-corrected chi connectivity index (χ0v) is 15.6. The van der Waals surface area contributed by atoms with Crippen LogP contribution < -0.4 is 10.9 Å². The van der Waals surface area contributed by atoms with Gasteiger partial charge in [-0.1, -0.05) is 15.9 Å². The van der Waals surface area contributed by atoms with Crippen LogP contribution in [0.25, 0.3) is 10.8 Å². The van der Waals surface area contributed by atoms with Crippen LogP contribution in [0.3, 0.4) is 0 Å². The first-order valence-electron chi connectivity index (χ1n) is 8.06. The lowest BCUT2D eigenvalue weighted by molar-refractivity contribution is -0.125. The van der Waals surface area contributed by atoms with Crippen molar-refractivity contribution >= 4 is 32.6 Å². The number of hydrogen-bond donors (Lipinski definition) is 3. The van der Waals surface area contributed by atoms with Gasteiger partial charge in [0.2, 0.25) is 5.91 Å². The highest BCUT2D eigenvalue weighted by Gasteiger charge is 2.39. The van der Waals surface area contributed by atoms with E-state index in [9.17, 15) is 19.8 Å². The Morgan fingerprint density at radius 2 is 2.16 bits per heavy atom. The molecule has 0 saturated heterocycles. The SMILES string of the molecule is CC(O)c1nn(CC(=O)NC2CC(C)(O)C2)c(=O)c2ccc(Br)cc12. The zero-order chi connectivity index (χ0) is 18.4. The predicted octanol–water partition coefficient (Wildman–Crippen LogP) is 1.24. The third-order valence-electron chi connectivity index (χ3n) is 4.38. The van der Waals surface area contributed by atoms with Crippen LogP contribution in [-0.4, -0.2) is 37.5 Å². The van der Waals surface area contributed by atoms with E-state index in [1.807, 2.05) is 0 Å². The number of fused-ring (bicyclic) bond motifs is 1. The summed E-state index contributed by atoms with van der Waals surface area (Å²) in [4.78, 5) is 24.8. The van der Waals surface area contributed by atoms with E-state index in [1.54, 1.807) is 32.0 Å². The van der Waals surface area contributed by atoms with Crippen LogP contribution in [0.15, 0.2) is 27.5 Å². The Morgan fingerprint density at radius 3 is 2.76 bits per heavy atom. The van der Waals surface area contributed by atoms with Crippen LogP contribution in [0.5, 0.6) is 0 Å². The highest BCUT2D eigenvalue weighted by molar-refractivity contribution is 9.10. The van der Waals surface area contributed by atoms with Gasteiger partial charge < -0.3 is 15.5 Å². The number of amides is 1. The quantitative estimate of drug-likeness (QED) is 0.704. The first kappa shape index (κ1) is 18.0. The van der Waals surface area contributed by atoms with Gasteiger partial charge >= 0.3 is 0 Å². The summed E-state index contributed by atoms with van der Waals surface area (Å²) in [6.07, 6.45) is 0.103. The van der Waals surface area contributed by atoms with Crippen LogP contribution in [0.1, 0.15) is 38.5 Å². The summed E-state index contributed by atoms with van der Waals surface area (Å²) in [7, 11) is 0. The van der Waals surface area contributed by atoms with Crippen LogP contribution in [0.2, 0.25) is 0 Å². The molecule has 8 heteroatoms. The molecule has 7 nitrogen and oxygen atoms in total. The fourth-order valence-electron chi connectivity index (χ4n) is 3.21. The van der Waals surface area contributed by atoms with Gasteiger partial charge in [0.25, 0.3) is 5.56 Å². The molecule has 1 aromatic carbocycles. The second-order valence-electron chi connectivity index (χ2n) is 6.88. The number of benzene rings is 1. The molecular formula is C17H20BrN3O4. The minimum absolute atomic E-state index is 0.0918. The summed E-state index contributed by atoms with van der Waals surface area (Å²) < 4.78 is 1.85. The molecule has 1 aliphatic rings. The fourth-order valence-corrected chi connectivity index (χ4v) is 3.57. The van der Waals surface area contributed by atoms with E-state index in [4.69, 9.17) is 0 Å². The number of nitrogens with one attached hydrogen (secondary N) is 1. The average molecular weight is 410 g/mol. The highest BCUT2D eigenvalue weighted by atomic mass is 79.9. The van der Waals surface area contributed by atoms with Crippen molar-refractivity contribution in [2.75, 3.05) is 0 Å². The molecule has 0 spiro atoms. The smallest absolute Gasteiger partial charge is 0.275 e. The summed E-state index contributed by atoms with van der Waals surface area (Å²) in [5, 5.41) is 27.6. The molecule has 1 aliphatic carbocycles. The summed E-state index contributed by atoms with van der Waals surface area (Å²) in [5.74, 6) is -0.344. The van der Waals surface area contributed by atoms with Crippen molar-refractivity contribution in [2.24, 2.45) is 0 Å². The van der Waals surface area contributed by atoms with Gasteiger partial charge in [-0.15, -0.1) is 0 Å². The van der Waals surface area contributed by atoms with E-state index in [0.717, 1.165) is 9.15 Å². The number of rotatable bonds is 4. The van der Waals surface area contributed by atoms with E-state index < -0.39 is 11.7 Å². The molecule has 134 valence electrons. The Morgan fingerprint density at radius 1 is 1.48 bits per heavy atom. The maximum atomic E-state index is 12.6. The van der Waals surface area contributed by atoms with Gasteiger partial charge in [-0.25, -0.2) is 4.68 Å². The van der Waals surface area contributed by atoms with E-state index in [2.05, 4.69) is 26.3 Å². The maximum absolute atomic E-state index is 12.6. The van der Waals surface area contributed by atoms with E-state index in [0.29, 0.717) is 29.3 Å². The molecule has 3 rings (SSSR count). The number of aromatic nitrogens is 2. The lowest BCUT2D eigenvalue weighted by atomic mass is 9.77. The number of nitrogens with zero attached hydrogens (tertiary/aromatic N) is 2.